The number of hydrogen-bond donors (Lipinski definition) is 2. The fourth-order valence-corrected chi connectivity index (χ4v) is 3.11. The highest BCUT2D eigenvalue weighted by Crippen LogP contribution is 2.25. The Kier molecular flexibility index (Phi) is 5.76. The van der Waals surface area contributed by atoms with Gasteiger partial charge in [0.25, 0.3) is 0 Å². The van der Waals surface area contributed by atoms with E-state index in [2.05, 4.69) is 46.8 Å². The molecule has 0 fully saturated rings. The highest BCUT2D eigenvalue weighted by atomic mass is 15.1. The molecule has 2 heterocycles. The van der Waals surface area contributed by atoms with E-state index in [9.17, 15) is 0 Å². The normalized spacial score (nSPS) is 10.5. The molecule has 4 aromatic rings. The largest absolute Gasteiger partial charge is 0.366 e. The lowest BCUT2D eigenvalue weighted by Gasteiger charge is -2.13. The molecule has 2 N–H and O–H groups in total. The maximum Gasteiger partial charge on any atom is 0.229 e. The predicted molar refractivity (Wildman–Crippen MR) is 118 cm³/mol. The van der Waals surface area contributed by atoms with Crippen molar-refractivity contribution >= 4 is 17.5 Å². The molecule has 2 aromatic carbocycles. The van der Waals surface area contributed by atoms with E-state index in [-0.39, 0.29) is 0 Å². The van der Waals surface area contributed by atoms with Crippen LogP contribution < -0.4 is 10.6 Å². The second kappa shape index (κ2) is 8.97. The van der Waals surface area contributed by atoms with Crippen molar-refractivity contribution < 1.29 is 0 Å². The molecule has 0 aliphatic heterocycles. The van der Waals surface area contributed by atoms with Gasteiger partial charge < -0.3 is 10.6 Å². The summed E-state index contributed by atoms with van der Waals surface area (Å²) in [5.41, 5.74) is 5.32. The minimum atomic E-state index is 0.574. The first-order chi connectivity index (χ1) is 14.3. The van der Waals surface area contributed by atoms with Crippen LogP contribution in [0.4, 0.5) is 17.5 Å². The third-order valence-corrected chi connectivity index (χ3v) is 4.66. The van der Waals surface area contributed by atoms with Crippen molar-refractivity contribution in [2.45, 2.75) is 19.9 Å². The maximum absolute atomic E-state index is 4.76. The molecule has 0 radical (unpaired) electrons. The summed E-state index contributed by atoms with van der Waals surface area (Å²) in [5.74, 6) is 1.34. The molecular formula is C24H23N5. The highest BCUT2D eigenvalue weighted by molar-refractivity contribution is 5.67. The molecule has 0 saturated carbocycles. The standard InChI is InChI=1S/C24H23N5/c1-2-19-8-6-7-11-21(19)27-24-28-22(20-9-4-3-5-10-20)16-23(29-24)26-17-18-12-14-25-15-13-18/h3-16H,2,17H2,1H3,(H2,26,27,28,29). The third-order valence-electron chi connectivity index (χ3n) is 4.66. The Balaban J connectivity index is 1.66. The van der Waals surface area contributed by atoms with Crippen molar-refractivity contribution in [2.24, 2.45) is 0 Å². The van der Waals surface area contributed by atoms with Gasteiger partial charge in [-0.05, 0) is 35.7 Å². The molecule has 0 spiro atoms. The highest BCUT2D eigenvalue weighted by Gasteiger charge is 2.09. The SMILES string of the molecule is CCc1ccccc1Nc1nc(NCc2ccncc2)cc(-c2ccccc2)n1. The van der Waals surface area contributed by atoms with Crippen molar-refractivity contribution in [3.8, 4) is 11.3 Å². The summed E-state index contributed by atoms with van der Waals surface area (Å²) in [6.45, 7) is 2.81. The Labute approximate surface area is 170 Å². The minimum absolute atomic E-state index is 0.574. The van der Waals surface area contributed by atoms with Crippen LogP contribution in [-0.4, -0.2) is 15.0 Å². The number of anilines is 3. The molecule has 0 atom stereocenters. The molecule has 29 heavy (non-hydrogen) atoms. The van der Waals surface area contributed by atoms with E-state index < -0.39 is 0 Å². The van der Waals surface area contributed by atoms with Crippen molar-refractivity contribution in [1.82, 2.24) is 15.0 Å². The predicted octanol–water partition coefficient (Wildman–Crippen LogP) is 5.46. The van der Waals surface area contributed by atoms with E-state index in [1.54, 1.807) is 12.4 Å². The quantitative estimate of drug-likeness (QED) is 0.445. The summed E-state index contributed by atoms with van der Waals surface area (Å²) in [6, 6.07) is 24.3. The molecule has 0 aliphatic carbocycles. The van der Waals surface area contributed by atoms with Gasteiger partial charge in [-0.3, -0.25) is 4.98 Å². The average Bonchev–Trinajstić information content (AvgIpc) is 2.79. The molecule has 2 aromatic heterocycles. The van der Waals surface area contributed by atoms with Gasteiger partial charge in [-0.15, -0.1) is 0 Å². The fourth-order valence-electron chi connectivity index (χ4n) is 3.11. The Hall–Kier alpha value is -3.73. The number of para-hydroxylation sites is 1. The van der Waals surface area contributed by atoms with Crippen molar-refractivity contribution in [3.05, 3.63) is 96.3 Å². The summed E-state index contributed by atoms with van der Waals surface area (Å²) in [5, 5.41) is 6.81. The molecule has 0 saturated heterocycles. The molecular weight excluding hydrogens is 358 g/mol. The molecule has 5 heteroatoms. The van der Waals surface area contributed by atoms with E-state index >= 15 is 0 Å². The smallest absolute Gasteiger partial charge is 0.229 e. The molecule has 0 amide bonds. The first kappa shape index (κ1) is 18.6. The van der Waals surface area contributed by atoms with E-state index in [0.29, 0.717) is 12.5 Å². The van der Waals surface area contributed by atoms with Gasteiger partial charge in [0.2, 0.25) is 5.95 Å². The lowest BCUT2D eigenvalue weighted by Crippen LogP contribution is -2.06. The Morgan fingerprint density at radius 1 is 0.828 bits per heavy atom. The number of aromatic nitrogens is 3. The summed E-state index contributed by atoms with van der Waals surface area (Å²) in [6.07, 6.45) is 4.52. The van der Waals surface area contributed by atoms with Crippen molar-refractivity contribution in [3.63, 3.8) is 0 Å². The van der Waals surface area contributed by atoms with E-state index in [1.807, 2.05) is 48.5 Å². The van der Waals surface area contributed by atoms with Crippen LogP contribution in [0.2, 0.25) is 0 Å². The van der Waals surface area contributed by atoms with Crippen LogP contribution in [-0.2, 0) is 13.0 Å². The molecule has 144 valence electrons. The number of benzene rings is 2. The molecule has 0 bridgehead atoms. The minimum Gasteiger partial charge on any atom is -0.366 e. The number of pyridine rings is 1. The third kappa shape index (κ3) is 4.76. The monoisotopic (exact) mass is 381 g/mol. The zero-order chi connectivity index (χ0) is 19.9. The lowest BCUT2D eigenvalue weighted by atomic mass is 10.1. The lowest BCUT2D eigenvalue weighted by molar-refractivity contribution is 1.07. The summed E-state index contributed by atoms with van der Waals surface area (Å²) >= 11 is 0. The van der Waals surface area contributed by atoms with Crippen LogP contribution in [0, 0.1) is 0 Å². The Morgan fingerprint density at radius 2 is 1.59 bits per heavy atom. The molecule has 0 unspecified atom stereocenters. The van der Waals surface area contributed by atoms with Gasteiger partial charge in [0.05, 0.1) is 5.69 Å². The van der Waals surface area contributed by atoms with E-state index in [4.69, 9.17) is 9.97 Å². The second-order valence-corrected chi connectivity index (χ2v) is 6.67. The number of aryl methyl sites for hydroxylation is 1. The Morgan fingerprint density at radius 3 is 2.38 bits per heavy atom. The first-order valence-electron chi connectivity index (χ1n) is 9.74. The molecule has 0 aliphatic rings. The van der Waals surface area contributed by atoms with Crippen LogP contribution in [0.1, 0.15) is 18.1 Å². The summed E-state index contributed by atoms with van der Waals surface area (Å²) in [7, 11) is 0. The maximum atomic E-state index is 4.76. The van der Waals surface area contributed by atoms with Gasteiger partial charge in [0, 0.05) is 36.3 Å². The van der Waals surface area contributed by atoms with Crippen LogP contribution >= 0.6 is 0 Å². The van der Waals surface area contributed by atoms with Crippen molar-refractivity contribution in [2.75, 3.05) is 10.6 Å². The molecule has 4 rings (SSSR count). The zero-order valence-corrected chi connectivity index (χ0v) is 16.3. The summed E-state index contributed by atoms with van der Waals surface area (Å²) in [4.78, 5) is 13.5. The van der Waals surface area contributed by atoms with Gasteiger partial charge >= 0.3 is 0 Å². The van der Waals surface area contributed by atoms with Gasteiger partial charge in [-0.2, -0.15) is 4.98 Å². The fraction of sp³-hybridized carbons (Fsp3) is 0.125. The first-order valence-corrected chi connectivity index (χ1v) is 9.74. The number of nitrogens with one attached hydrogen (secondary N) is 2. The zero-order valence-electron chi connectivity index (χ0n) is 16.3. The van der Waals surface area contributed by atoms with Gasteiger partial charge in [-0.1, -0.05) is 55.5 Å². The van der Waals surface area contributed by atoms with Crippen molar-refractivity contribution in [1.29, 1.82) is 0 Å². The number of nitrogens with zero attached hydrogens (tertiary/aromatic N) is 3. The van der Waals surface area contributed by atoms with Gasteiger partial charge in [-0.25, -0.2) is 4.98 Å². The van der Waals surface area contributed by atoms with Crippen LogP contribution in [0.5, 0.6) is 0 Å². The summed E-state index contributed by atoms with van der Waals surface area (Å²) < 4.78 is 0. The Bertz CT molecular complexity index is 1060. The van der Waals surface area contributed by atoms with Crippen LogP contribution in [0.3, 0.4) is 0 Å². The average molecular weight is 381 g/mol. The van der Waals surface area contributed by atoms with E-state index in [1.165, 1.54) is 5.56 Å². The molecule has 5 nitrogen and oxygen atoms in total. The number of rotatable bonds is 7. The van der Waals surface area contributed by atoms with Crippen LogP contribution in [0.15, 0.2) is 85.2 Å². The topological polar surface area (TPSA) is 62.7 Å². The second-order valence-electron chi connectivity index (χ2n) is 6.67. The number of hydrogen-bond acceptors (Lipinski definition) is 5. The van der Waals surface area contributed by atoms with Gasteiger partial charge in [0.15, 0.2) is 0 Å². The van der Waals surface area contributed by atoms with Gasteiger partial charge in [0.1, 0.15) is 5.82 Å². The van der Waals surface area contributed by atoms with E-state index in [0.717, 1.165) is 34.7 Å². The van der Waals surface area contributed by atoms with Crippen LogP contribution in [0.25, 0.3) is 11.3 Å².